The molecule has 0 spiro atoms. The number of esters is 1. The molecule has 186 valence electrons. The van der Waals surface area contributed by atoms with Gasteiger partial charge in [-0.25, -0.2) is 4.79 Å². The van der Waals surface area contributed by atoms with Gasteiger partial charge in [0.1, 0.15) is 11.2 Å². The van der Waals surface area contributed by atoms with Gasteiger partial charge >= 0.3 is 5.97 Å². The second-order valence-electron chi connectivity index (χ2n) is 9.54. The maximum atomic E-state index is 12.8. The van der Waals surface area contributed by atoms with Crippen molar-refractivity contribution in [3.05, 3.63) is 63.3 Å². The van der Waals surface area contributed by atoms with Gasteiger partial charge in [-0.1, -0.05) is 29.3 Å². The number of allylic oxidation sites excluding steroid dienone is 1. The molecule has 3 rings (SSSR count). The van der Waals surface area contributed by atoms with Crippen molar-refractivity contribution >= 4 is 63.8 Å². The lowest BCUT2D eigenvalue weighted by atomic mass is 10.1. The molecule has 1 aromatic heterocycles. The first kappa shape index (κ1) is 27.2. The van der Waals surface area contributed by atoms with E-state index in [4.69, 9.17) is 37.1 Å². The average Bonchev–Trinajstić information content (AvgIpc) is 3.09. The molecule has 35 heavy (non-hydrogen) atoms. The predicted octanol–water partition coefficient (Wildman–Crippen LogP) is 8.17. The number of benzene rings is 2. The van der Waals surface area contributed by atoms with Crippen LogP contribution in [-0.4, -0.2) is 29.2 Å². The van der Waals surface area contributed by atoms with Crippen LogP contribution in [0.25, 0.3) is 17.0 Å². The molecule has 0 aliphatic rings. The van der Waals surface area contributed by atoms with Gasteiger partial charge in [0, 0.05) is 15.8 Å². The van der Waals surface area contributed by atoms with Gasteiger partial charge in [0.15, 0.2) is 17.1 Å². The molecule has 0 bridgehead atoms. The number of rotatable bonds is 7. The fourth-order valence-corrected chi connectivity index (χ4v) is 4.30. The van der Waals surface area contributed by atoms with Gasteiger partial charge in [-0.05, 0) is 89.8 Å². The molecule has 0 unspecified atom stereocenters. The van der Waals surface area contributed by atoms with Crippen molar-refractivity contribution in [2.24, 2.45) is 0 Å². The number of hydrogen-bond acceptors (Lipinski definition) is 6. The molecule has 0 radical (unpaired) electrons. The average molecular weight is 535 g/mol. The molecule has 0 aliphatic carbocycles. The Morgan fingerprint density at radius 3 is 2.23 bits per heavy atom. The lowest BCUT2D eigenvalue weighted by Crippen LogP contribution is -2.43. The van der Waals surface area contributed by atoms with Crippen LogP contribution in [0.5, 0.6) is 5.75 Å². The number of thioether (sulfide) groups is 1. The lowest BCUT2D eigenvalue weighted by molar-refractivity contribution is -0.170. The highest BCUT2D eigenvalue weighted by atomic mass is 35.5. The Morgan fingerprint density at radius 1 is 1.03 bits per heavy atom. The molecule has 2 aromatic carbocycles. The van der Waals surface area contributed by atoms with E-state index in [0.29, 0.717) is 11.1 Å². The van der Waals surface area contributed by atoms with Crippen molar-refractivity contribution in [3.8, 4) is 5.75 Å². The second-order valence-corrected chi connectivity index (χ2v) is 11.2. The summed E-state index contributed by atoms with van der Waals surface area (Å²) in [6.07, 6.45) is 4.99. The number of ether oxygens (including phenoxy) is 2. The van der Waals surface area contributed by atoms with Crippen molar-refractivity contribution in [1.82, 2.24) is 0 Å². The minimum absolute atomic E-state index is 0.158. The Kier molecular flexibility index (Phi) is 7.99. The van der Waals surface area contributed by atoms with E-state index in [1.54, 1.807) is 64.6 Å². The standard InChI is InChI=1S/C27H28Cl2O5S/c1-15-18-10-9-17(35-7)14-22(18)32-23(15)21(30)11-8-16-12-19(28)24(20(29)13-16)33-27(5,6)25(31)34-26(2,3)4/h8-14H,1-7H3/b11-8+. The summed E-state index contributed by atoms with van der Waals surface area (Å²) in [5.41, 5.74) is 0.0668. The number of ketones is 1. The first-order valence-electron chi connectivity index (χ1n) is 10.9. The second kappa shape index (κ2) is 10.3. The number of furan rings is 1. The third-order valence-electron chi connectivity index (χ3n) is 5.06. The third kappa shape index (κ3) is 6.43. The molecule has 0 aliphatic heterocycles. The fourth-order valence-electron chi connectivity index (χ4n) is 3.29. The van der Waals surface area contributed by atoms with Crippen LogP contribution < -0.4 is 4.74 Å². The molecule has 3 aromatic rings. The number of hydrogen-bond donors (Lipinski definition) is 0. The zero-order valence-electron chi connectivity index (χ0n) is 20.7. The highest BCUT2D eigenvalue weighted by Gasteiger charge is 2.36. The highest BCUT2D eigenvalue weighted by molar-refractivity contribution is 7.98. The Morgan fingerprint density at radius 2 is 1.66 bits per heavy atom. The summed E-state index contributed by atoms with van der Waals surface area (Å²) in [7, 11) is 0. The van der Waals surface area contributed by atoms with Gasteiger partial charge in [-0.15, -0.1) is 11.8 Å². The smallest absolute Gasteiger partial charge is 0.350 e. The quantitative estimate of drug-likeness (QED) is 0.132. The minimum atomic E-state index is -1.32. The van der Waals surface area contributed by atoms with E-state index in [2.05, 4.69) is 0 Å². The Bertz CT molecular complexity index is 1290. The Balaban J connectivity index is 1.81. The Labute approximate surface area is 219 Å². The molecule has 0 saturated carbocycles. The first-order valence-corrected chi connectivity index (χ1v) is 12.9. The number of carbonyl (C=O) groups excluding carboxylic acids is 2. The third-order valence-corrected chi connectivity index (χ3v) is 6.35. The zero-order valence-corrected chi connectivity index (χ0v) is 23.1. The number of fused-ring (bicyclic) bond motifs is 1. The van der Waals surface area contributed by atoms with Gasteiger partial charge < -0.3 is 13.9 Å². The summed E-state index contributed by atoms with van der Waals surface area (Å²) in [4.78, 5) is 26.4. The largest absolute Gasteiger partial charge is 0.473 e. The molecular formula is C27H28Cl2O5S. The van der Waals surface area contributed by atoms with Crippen LogP contribution in [0.15, 0.2) is 45.7 Å². The number of carbonyl (C=O) groups is 2. The summed E-state index contributed by atoms with van der Waals surface area (Å²) >= 11 is 14.4. The van der Waals surface area contributed by atoms with Gasteiger partial charge in [0.05, 0.1) is 10.0 Å². The SMILES string of the molecule is CSc1ccc2c(C)c(C(=O)/C=C/c3cc(Cl)c(OC(C)(C)C(=O)OC(C)(C)C)c(Cl)c3)oc2c1. The molecule has 0 atom stereocenters. The summed E-state index contributed by atoms with van der Waals surface area (Å²) < 4.78 is 17.1. The maximum Gasteiger partial charge on any atom is 0.350 e. The van der Waals surface area contributed by atoms with Crippen LogP contribution >= 0.6 is 35.0 Å². The number of aryl methyl sites for hydroxylation is 1. The van der Waals surface area contributed by atoms with Crippen molar-refractivity contribution in [3.63, 3.8) is 0 Å². The first-order chi connectivity index (χ1) is 16.2. The van der Waals surface area contributed by atoms with Gasteiger partial charge in [-0.2, -0.15) is 0 Å². The topological polar surface area (TPSA) is 65.7 Å². The van der Waals surface area contributed by atoms with Crippen LogP contribution in [-0.2, 0) is 9.53 Å². The molecule has 5 nitrogen and oxygen atoms in total. The van der Waals surface area contributed by atoms with Gasteiger partial charge in [0.2, 0.25) is 5.78 Å². The van der Waals surface area contributed by atoms with E-state index >= 15 is 0 Å². The van der Waals surface area contributed by atoms with E-state index in [1.165, 1.54) is 6.08 Å². The van der Waals surface area contributed by atoms with Gasteiger partial charge in [-0.3, -0.25) is 4.79 Å². The summed E-state index contributed by atoms with van der Waals surface area (Å²) in [5.74, 6) is -0.378. The van der Waals surface area contributed by atoms with Crippen LogP contribution in [0, 0.1) is 6.92 Å². The van der Waals surface area contributed by atoms with Gasteiger partial charge in [0.25, 0.3) is 0 Å². The highest BCUT2D eigenvalue weighted by Crippen LogP contribution is 2.37. The zero-order chi connectivity index (χ0) is 26.1. The van der Waals surface area contributed by atoms with Crippen molar-refractivity contribution in [2.75, 3.05) is 6.26 Å². The van der Waals surface area contributed by atoms with Crippen molar-refractivity contribution < 1.29 is 23.5 Å². The number of halogens is 2. The molecular weight excluding hydrogens is 507 g/mol. The van der Waals surface area contributed by atoms with E-state index in [-0.39, 0.29) is 27.3 Å². The lowest BCUT2D eigenvalue weighted by Gasteiger charge is -2.29. The van der Waals surface area contributed by atoms with E-state index in [9.17, 15) is 9.59 Å². The normalized spacial score (nSPS) is 12.4. The Hall–Kier alpha value is -2.41. The predicted molar refractivity (Wildman–Crippen MR) is 143 cm³/mol. The molecule has 0 amide bonds. The maximum absolute atomic E-state index is 12.8. The molecule has 0 fully saturated rings. The van der Waals surface area contributed by atoms with E-state index < -0.39 is 17.2 Å². The fraction of sp³-hybridized carbons (Fsp3) is 0.333. The van der Waals surface area contributed by atoms with E-state index in [0.717, 1.165) is 15.8 Å². The van der Waals surface area contributed by atoms with Crippen LogP contribution in [0.1, 0.15) is 56.3 Å². The summed E-state index contributed by atoms with van der Waals surface area (Å²) in [6, 6.07) is 9.08. The van der Waals surface area contributed by atoms with E-state index in [1.807, 2.05) is 31.4 Å². The molecule has 1 heterocycles. The summed E-state index contributed by atoms with van der Waals surface area (Å²) in [6.45, 7) is 10.3. The van der Waals surface area contributed by atoms with Crippen LogP contribution in [0.4, 0.5) is 0 Å². The molecule has 0 saturated heterocycles. The van der Waals surface area contributed by atoms with Crippen LogP contribution in [0.2, 0.25) is 10.0 Å². The van der Waals surface area contributed by atoms with Crippen LogP contribution in [0.3, 0.4) is 0 Å². The summed E-state index contributed by atoms with van der Waals surface area (Å²) in [5, 5.41) is 1.30. The minimum Gasteiger partial charge on any atom is -0.473 e. The van der Waals surface area contributed by atoms with Crippen molar-refractivity contribution in [2.45, 2.75) is 57.6 Å². The molecule has 0 N–H and O–H groups in total. The van der Waals surface area contributed by atoms with Crippen molar-refractivity contribution in [1.29, 1.82) is 0 Å². The monoisotopic (exact) mass is 534 g/mol. The molecule has 8 heteroatoms.